The molecule has 1 heterocycles. The van der Waals surface area contributed by atoms with E-state index in [0.717, 1.165) is 10.7 Å². The second kappa shape index (κ2) is 5.46. The number of aliphatic hydroxyl groups excluding tert-OH is 1. The minimum absolute atomic E-state index is 0.271. The Kier molecular flexibility index (Phi) is 3.93. The molecule has 0 aliphatic heterocycles. The number of nitrogens with zero attached hydrogens (tertiary/aromatic N) is 1. The number of hydrogen-bond donors (Lipinski definition) is 1. The molecule has 18 heavy (non-hydrogen) atoms. The summed E-state index contributed by atoms with van der Waals surface area (Å²) < 4.78 is 19.0. The van der Waals surface area contributed by atoms with E-state index in [4.69, 9.17) is 4.74 Å². The van der Waals surface area contributed by atoms with Gasteiger partial charge in [-0.15, -0.1) is 11.3 Å². The Bertz CT molecular complexity index is 540. The Balaban J connectivity index is 2.04. The molecule has 0 aliphatic rings. The molecule has 0 amide bonds. The van der Waals surface area contributed by atoms with E-state index in [0.29, 0.717) is 12.4 Å². The monoisotopic (exact) mass is 267 g/mol. The molecule has 5 heteroatoms. The van der Waals surface area contributed by atoms with E-state index in [1.54, 1.807) is 6.07 Å². The minimum atomic E-state index is -0.819. The van der Waals surface area contributed by atoms with Crippen LogP contribution in [0.5, 0.6) is 5.75 Å². The lowest BCUT2D eigenvalue weighted by Gasteiger charge is -2.09. The normalized spacial score (nSPS) is 12.4. The van der Waals surface area contributed by atoms with Gasteiger partial charge in [-0.3, -0.25) is 0 Å². The number of aromatic nitrogens is 1. The SMILES string of the molecule is Cc1csc(COc2ccc(C(C)O)c(F)c2)n1. The average Bonchev–Trinajstić information content (AvgIpc) is 2.72. The highest BCUT2D eigenvalue weighted by Gasteiger charge is 2.09. The van der Waals surface area contributed by atoms with Crippen molar-refractivity contribution in [2.45, 2.75) is 26.6 Å². The highest BCUT2D eigenvalue weighted by atomic mass is 32.1. The summed E-state index contributed by atoms with van der Waals surface area (Å²) in [6.07, 6.45) is -0.819. The summed E-state index contributed by atoms with van der Waals surface area (Å²) >= 11 is 1.51. The maximum absolute atomic E-state index is 13.6. The van der Waals surface area contributed by atoms with Crippen LogP contribution < -0.4 is 4.74 Å². The van der Waals surface area contributed by atoms with E-state index < -0.39 is 11.9 Å². The third kappa shape index (κ3) is 3.05. The molecule has 1 aromatic carbocycles. The summed E-state index contributed by atoms with van der Waals surface area (Å²) in [6.45, 7) is 3.76. The van der Waals surface area contributed by atoms with E-state index in [-0.39, 0.29) is 5.56 Å². The third-order valence-electron chi connectivity index (χ3n) is 2.45. The maximum atomic E-state index is 13.6. The topological polar surface area (TPSA) is 42.4 Å². The van der Waals surface area contributed by atoms with Crippen LogP contribution in [0.4, 0.5) is 4.39 Å². The molecule has 1 aromatic heterocycles. The highest BCUT2D eigenvalue weighted by Crippen LogP contribution is 2.22. The molecule has 0 saturated carbocycles. The van der Waals surface area contributed by atoms with Gasteiger partial charge in [-0.2, -0.15) is 0 Å². The van der Waals surface area contributed by atoms with Crippen molar-refractivity contribution in [1.82, 2.24) is 4.98 Å². The summed E-state index contributed by atoms with van der Waals surface area (Å²) in [5, 5.41) is 12.1. The van der Waals surface area contributed by atoms with Crippen LogP contribution in [0.3, 0.4) is 0 Å². The van der Waals surface area contributed by atoms with Crippen molar-refractivity contribution in [2.24, 2.45) is 0 Å². The Morgan fingerprint density at radius 3 is 2.83 bits per heavy atom. The summed E-state index contributed by atoms with van der Waals surface area (Å²) in [7, 11) is 0. The number of thiazole rings is 1. The number of ether oxygens (including phenoxy) is 1. The van der Waals surface area contributed by atoms with Gasteiger partial charge in [0.1, 0.15) is 23.2 Å². The quantitative estimate of drug-likeness (QED) is 0.924. The van der Waals surface area contributed by atoms with Crippen LogP contribution in [-0.4, -0.2) is 10.1 Å². The largest absolute Gasteiger partial charge is 0.486 e. The number of aryl methyl sites for hydroxylation is 1. The second-order valence-electron chi connectivity index (χ2n) is 4.03. The lowest BCUT2D eigenvalue weighted by molar-refractivity contribution is 0.194. The number of aliphatic hydroxyl groups is 1. The standard InChI is InChI=1S/C13H14FNO2S/c1-8-7-18-13(15-8)6-17-10-3-4-11(9(2)16)12(14)5-10/h3-5,7,9,16H,6H2,1-2H3. The zero-order valence-electron chi connectivity index (χ0n) is 10.2. The molecule has 0 saturated heterocycles. The van der Waals surface area contributed by atoms with Gasteiger partial charge in [0.2, 0.25) is 0 Å². The minimum Gasteiger partial charge on any atom is -0.486 e. The van der Waals surface area contributed by atoms with Crippen molar-refractivity contribution in [2.75, 3.05) is 0 Å². The number of halogens is 1. The fourth-order valence-corrected chi connectivity index (χ4v) is 2.23. The van der Waals surface area contributed by atoms with Gasteiger partial charge in [-0.05, 0) is 26.0 Å². The van der Waals surface area contributed by atoms with Gasteiger partial charge in [0.15, 0.2) is 0 Å². The van der Waals surface area contributed by atoms with E-state index >= 15 is 0 Å². The first-order valence-electron chi connectivity index (χ1n) is 5.57. The fourth-order valence-electron chi connectivity index (χ4n) is 1.55. The predicted molar refractivity (Wildman–Crippen MR) is 68.2 cm³/mol. The van der Waals surface area contributed by atoms with Gasteiger partial charge in [0.05, 0.1) is 6.10 Å². The summed E-state index contributed by atoms with van der Waals surface area (Å²) in [5.41, 5.74) is 1.22. The van der Waals surface area contributed by atoms with Crippen LogP contribution in [-0.2, 0) is 6.61 Å². The lowest BCUT2D eigenvalue weighted by Crippen LogP contribution is -1.99. The second-order valence-corrected chi connectivity index (χ2v) is 4.97. The zero-order chi connectivity index (χ0) is 13.1. The Labute approximate surface area is 109 Å². The van der Waals surface area contributed by atoms with E-state index in [1.165, 1.54) is 30.4 Å². The number of benzene rings is 1. The molecule has 1 atom stereocenters. The van der Waals surface area contributed by atoms with Crippen molar-refractivity contribution in [3.05, 3.63) is 45.7 Å². The molecule has 0 aliphatic carbocycles. The van der Waals surface area contributed by atoms with Crippen LogP contribution in [0.1, 0.15) is 29.3 Å². The first kappa shape index (κ1) is 13.0. The van der Waals surface area contributed by atoms with Crippen LogP contribution in [0.15, 0.2) is 23.6 Å². The summed E-state index contributed by atoms with van der Waals surface area (Å²) in [6, 6.07) is 4.45. The molecule has 2 rings (SSSR count). The van der Waals surface area contributed by atoms with Gasteiger partial charge >= 0.3 is 0 Å². The lowest BCUT2D eigenvalue weighted by atomic mass is 10.1. The molecule has 0 bridgehead atoms. The Hall–Kier alpha value is -1.46. The molecule has 2 aromatic rings. The number of rotatable bonds is 4. The van der Waals surface area contributed by atoms with Gasteiger partial charge in [-0.25, -0.2) is 9.37 Å². The molecule has 0 spiro atoms. The van der Waals surface area contributed by atoms with Crippen molar-refractivity contribution in [3.8, 4) is 5.75 Å². The fraction of sp³-hybridized carbons (Fsp3) is 0.308. The van der Waals surface area contributed by atoms with Crippen molar-refractivity contribution in [3.63, 3.8) is 0 Å². The van der Waals surface area contributed by atoms with Crippen molar-refractivity contribution < 1.29 is 14.2 Å². The van der Waals surface area contributed by atoms with Gasteiger partial charge in [-0.1, -0.05) is 0 Å². The summed E-state index contributed by atoms with van der Waals surface area (Å²) in [4.78, 5) is 4.25. The average molecular weight is 267 g/mol. The molecule has 1 N–H and O–H groups in total. The van der Waals surface area contributed by atoms with Gasteiger partial charge in [0, 0.05) is 22.7 Å². The first-order chi connectivity index (χ1) is 8.56. The predicted octanol–water partition coefficient (Wildman–Crippen LogP) is 3.22. The van der Waals surface area contributed by atoms with Crippen molar-refractivity contribution >= 4 is 11.3 Å². The van der Waals surface area contributed by atoms with E-state index in [9.17, 15) is 9.50 Å². The zero-order valence-corrected chi connectivity index (χ0v) is 11.0. The first-order valence-corrected chi connectivity index (χ1v) is 6.45. The molecule has 3 nitrogen and oxygen atoms in total. The smallest absolute Gasteiger partial charge is 0.140 e. The molecule has 0 fully saturated rings. The van der Waals surface area contributed by atoms with E-state index in [1.807, 2.05) is 12.3 Å². The van der Waals surface area contributed by atoms with Crippen LogP contribution in [0.2, 0.25) is 0 Å². The Morgan fingerprint density at radius 2 is 2.28 bits per heavy atom. The third-order valence-corrected chi connectivity index (χ3v) is 3.39. The highest BCUT2D eigenvalue weighted by molar-refractivity contribution is 7.09. The van der Waals surface area contributed by atoms with Gasteiger partial charge < -0.3 is 9.84 Å². The molecule has 96 valence electrons. The molecule has 1 unspecified atom stereocenters. The van der Waals surface area contributed by atoms with Crippen LogP contribution in [0.25, 0.3) is 0 Å². The molecular weight excluding hydrogens is 253 g/mol. The number of hydrogen-bond acceptors (Lipinski definition) is 4. The van der Waals surface area contributed by atoms with Crippen molar-refractivity contribution in [1.29, 1.82) is 0 Å². The summed E-state index contributed by atoms with van der Waals surface area (Å²) in [5.74, 6) is -0.0254. The Morgan fingerprint density at radius 1 is 1.50 bits per heavy atom. The van der Waals surface area contributed by atoms with E-state index in [2.05, 4.69) is 4.98 Å². The van der Waals surface area contributed by atoms with Gasteiger partial charge in [0.25, 0.3) is 0 Å². The van der Waals surface area contributed by atoms with Crippen LogP contribution in [0, 0.1) is 12.7 Å². The van der Waals surface area contributed by atoms with Crippen LogP contribution >= 0.6 is 11.3 Å². The molecular formula is C13H14FNO2S. The molecule has 0 radical (unpaired) electrons. The maximum Gasteiger partial charge on any atom is 0.140 e.